The molecule has 1 fully saturated rings. The van der Waals surface area contributed by atoms with Gasteiger partial charge in [0, 0.05) is 19.1 Å². The van der Waals surface area contributed by atoms with Crippen LogP contribution in [0.3, 0.4) is 0 Å². The summed E-state index contributed by atoms with van der Waals surface area (Å²) in [6, 6.07) is -0.0450. The summed E-state index contributed by atoms with van der Waals surface area (Å²) in [7, 11) is 0. The Morgan fingerprint density at radius 1 is 1.27 bits per heavy atom. The number of amides is 1. The molecule has 1 heterocycles. The number of rotatable bonds is 1. The standard InChI is InChI=1S/C10H16N2O3/c11-7-2-1-6(3-7)10(15)12-4-8(13)9(14)5-12/h1-2,6-9,13-14H,3-5,11H2. The third kappa shape index (κ3) is 2.04. The molecule has 1 aliphatic heterocycles. The normalized spacial score (nSPS) is 40.1. The van der Waals surface area contributed by atoms with Crippen LogP contribution in [-0.2, 0) is 4.79 Å². The molecular weight excluding hydrogens is 196 g/mol. The van der Waals surface area contributed by atoms with Crippen LogP contribution < -0.4 is 5.73 Å². The number of nitrogens with two attached hydrogens (primary N) is 1. The van der Waals surface area contributed by atoms with Crippen molar-refractivity contribution < 1.29 is 15.0 Å². The predicted octanol–water partition coefficient (Wildman–Crippen LogP) is -1.55. The molecule has 0 bridgehead atoms. The molecule has 5 nitrogen and oxygen atoms in total. The number of carbonyl (C=O) groups is 1. The van der Waals surface area contributed by atoms with Crippen molar-refractivity contribution >= 4 is 5.91 Å². The van der Waals surface area contributed by atoms with Gasteiger partial charge in [-0.15, -0.1) is 0 Å². The lowest BCUT2D eigenvalue weighted by atomic mass is 10.1. The number of likely N-dealkylation sites (tertiary alicyclic amines) is 1. The maximum absolute atomic E-state index is 11.9. The average Bonchev–Trinajstić information content (AvgIpc) is 2.74. The summed E-state index contributed by atoms with van der Waals surface area (Å²) in [6.07, 6.45) is 2.64. The smallest absolute Gasteiger partial charge is 0.229 e. The topological polar surface area (TPSA) is 86.8 Å². The molecule has 4 N–H and O–H groups in total. The van der Waals surface area contributed by atoms with Crippen LogP contribution in [0.15, 0.2) is 12.2 Å². The fourth-order valence-corrected chi connectivity index (χ4v) is 2.09. The van der Waals surface area contributed by atoms with E-state index >= 15 is 0 Å². The maximum atomic E-state index is 11.9. The largest absolute Gasteiger partial charge is 0.388 e. The fourth-order valence-electron chi connectivity index (χ4n) is 2.09. The predicted molar refractivity (Wildman–Crippen MR) is 53.8 cm³/mol. The number of hydrogen-bond donors (Lipinski definition) is 3. The van der Waals surface area contributed by atoms with Crippen molar-refractivity contribution in [1.82, 2.24) is 4.90 Å². The zero-order chi connectivity index (χ0) is 11.0. The van der Waals surface area contributed by atoms with E-state index in [-0.39, 0.29) is 31.0 Å². The zero-order valence-corrected chi connectivity index (χ0v) is 8.41. The molecule has 2 aliphatic rings. The molecule has 0 spiro atoms. The van der Waals surface area contributed by atoms with E-state index in [0.717, 1.165) is 0 Å². The highest BCUT2D eigenvalue weighted by Gasteiger charge is 2.36. The Balaban J connectivity index is 1.95. The van der Waals surface area contributed by atoms with Crippen molar-refractivity contribution in [2.75, 3.05) is 13.1 Å². The first-order valence-corrected chi connectivity index (χ1v) is 5.16. The molecule has 2 rings (SSSR count). The number of nitrogens with zero attached hydrogens (tertiary/aromatic N) is 1. The quantitative estimate of drug-likeness (QED) is 0.459. The van der Waals surface area contributed by atoms with Gasteiger partial charge in [0.15, 0.2) is 0 Å². The van der Waals surface area contributed by atoms with Gasteiger partial charge in [-0.05, 0) is 6.42 Å². The van der Waals surface area contributed by atoms with E-state index in [0.29, 0.717) is 6.42 Å². The Hall–Kier alpha value is -0.910. The number of aliphatic hydroxyl groups is 2. The summed E-state index contributed by atoms with van der Waals surface area (Å²) in [4.78, 5) is 13.4. The van der Waals surface area contributed by atoms with Gasteiger partial charge in [0.25, 0.3) is 0 Å². The first-order chi connectivity index (χ1) is 7.08. The van der Waals surface area contributed by atoms with Gasteiger partial charge in [0.1, 0.15) is 0 Å². The SMILES string of the molecule is NC1C=CC(C(=O)N2CC(O)C(O)C2)C1. The average molecular weight is 212 g/mol. The highest BCUT2D eigenvalue weighted by molar-refractivity contribution is 5.81. The molecule has 1 aliphatic carbocycles. The van der Waals surface area contributed by atoms with Crippen LogP contribution in [-0.4, -0.2) is 52.4 Å². The van der Waals surface area contributed by atoms with Gasteiger partial charge >= 0.3 is 0 Å². The van der Waals surface area contributed by atoms with Gasteiger partial charge in [-0.1, -0.05) is 12.2 Å². The van der Waals surface area contributed by atoms with Crippen LogP contribution in [0.5, 0.6) is 0 Å². The second-order valence-electron chi connectivity index (χ2n) is 4.27. The Bertz CT molecular complexity index is 282. The number of aliphatic hydroxyl groups excluding tert-OH is 2. The first-order valence-electron chi connectivity index (χ1n) is 5.16. The lowest BCUT2D eigenvalue weighted by Gasteiger charge is -2.19. The summed E-state index contributed by atoms with van der Waals surface area (Å²) in [5, 5.41) is 18.7. The molecule has 0 radical (unpaired) electrons. The van der Waals surface area contributed by atoms with Gasteiger partial charge in [-0.3, -0.25) is 4.79 Å². The number of β-amino-alcohol motifs (C(OH)–C–C–N with tert-alkyl or cyclic N) is 2. The van der Waals surface area contributed by atoms with E-state index in [1.807, 2.05) is 12.2 Å². The Labute approximate surface area is 88.2 Å². The molecule has 0 aromatic carbocycles. The monoisotopic (exact) mass is 212 g/mol. The third-order valence-corrected chi connectivity index (χ3v) is 3.00. The first kappa shape index (κ1) is 10.6. The highest BCUT2D eigenvalue weighted by Crippen LogP contribution is 2.21. The van der Waals surface area contributed by atoms with Crippen LogP contribution in [0, 0.1) is 5.92 Å². The second kappa shape index (κ2) is 3.92. The van der Waals surface area contributed by atoms with Gasteiger partial charge in [0.2, 0.25) is 5.91 Å². The van der Waals surface area contributed by atoms with E-state index in [2.05, 4.69) is 0 Å². The van der Waals surface area contributed by atoms with Crippen molar-refractivity contribution in [2.24, 2.45) is 11.7 Å². The second-order valence-corrected chi connectivity index (χ2v) is 4.27. The molecule has 0 saturated carbocycles. The molecule has 4 unspecified atom stereocenters. The van der Waals surface area contributed by atoms with Crippen LogP contribution in [0.4, 0.5) is 0 Å². The maximum Gasteiger partial charge on any atom is 0.229 e. The van der Waals surface area contributed by atoms with Crippen molar-refractivity contribution in [3.63, 3.8) is 0 Å². The van der Waals surface area contributed by atoms with Gasteiger partial charge in [-0.25, -0.2) is 0 Å². The van der Waals surface area contributed by atoms with E-state index in [1.165, 1.54) is 4.90 Å². The Morgan fingerprint density at radius 3 is 2.33 bits per heavy atom. The summed E-state index contributed by atoms with van der Waals surface area (Å²) < 4.78 is 0. The molecule has 1 saturated heterocycles. The number of carbonyl (C=O) groups excluding carboxylic acids is 1. The highest BCUT2D eigenvalue weighted by atomic mass is 16.3. The van der Waals surface area contributed by atoms with Gasteiger partial charge in [0.05, 0.1) is 18.1 Å². The fraction of sp³-hybridized carbons (Fsp3) is 0.700. The van der Waals surface area contributed by atoms with E-state index in [4.69, 9.17) is 5.73 Å². The summed E-state index contributed by atoms with van der Waals surface area (Å²) in [5.74, 6) is -0.229. The third-order valence-electron chi connectivity index (χ3n) is 3.00. The van der Waals surface area contributed by atoms with Crippen LogP contribution >= 0.6 is 0 Å². The molecule has 5 heteroatoms. The summed E-state index contributed by atoms with van der Waals surface area (Å²) in [5.41, 5.74) is 5.66. The minimum Gasteiger partial charge on any atom is -0.388 e. The van der Waals surface area contributed by atoms with Crippen molar-refractivity contribution in [2.45, 2.75) is 24.7 Å². The lowest BCUT2D eigenvalue weighted by molar-refractivity contribution is -0.133. The van der Waals surface area contributed by atoms with Crippen LogP contribution in [0.25, 0.3) is 0 Å². The molecule has 84 valence electrons. The molecule has 15 heavy (non-hydrogen) atoms. The van der Waals surface area contributed by atoms with Crippen molar-refractivity contribution in [1.29, 1.82) is 0 Å². The Kier molecular flexibility index (Phi) is 2.77. The van der Waals surface area contributed by atoms with Crippen LogP contribution in [0.2, 0.25) is 0 Å². The summed E-state index contributed by atoms with van der Waals surface area (Å²) >= 11 is 0. The van der Waals surface area contributed by atoms with E-state index in [1.54, 1.807) is 0 Å². The minimum absolute atomic E-state index is 0.0450. The zero-order valence-electron chi connectivity index (χ0n) is 8.41. The lowest BCUT2D eigenvalue weighted by Crippen LogP contribution is -2.35. The van der Waals surface area contributed by atoms with E-state index in [9.17, 15) is 15.0 Å². The van der Waals surface area contributed by atoms with Gasteiger partial charge in [-0.2, -0.15) is 0 Å². The Morgan fingerprint density at radius 2 is 1.87 bits per heavy atom. The minimum atomic E-state index is -0.812. The molecule has 4 atom stereocenters. The number of hydrogen-bond acceptors (Lipinski definition) is 4. The van der Waals surface area contributed by atoms with Crippen molar-refractivity contribution in [3.05, 3.63) is 12.2 Å². The van der Waals surface area contributed by atoms with E-state index < -0.39 is 12.2 Å². The van der Waals surface area contributed by atoms with Crippen molar-refractivity contribution in [3.8, 4) is 0 Å². The summed E-state index contributed by atoms with van der Waals surface area (Å²) in [6.45, 7) is 0.444. The molecule has 0 aromatic heterocycles. The van der Waals surface area contributed by atoms with Crippen LogP contribution in [0.1, 0.15) is 6.42 Å². The molecular formula is C10H16N2O3. The molecule has 0 aromatic rings. The molecule has 1 amide bonds. The van der Waals surface area contributed by atoms with Gasteiger partial charge < -0.3 is 20.8 Å².